The maximum absolute atomic E-state index is 5.45. The van der Waals surface area contributed by atoms with Crippen molar-refractivity contribution in [3.63, 3.8) is 0 Å². The predicted molar refractivity (Wildman–Crippen MR) is 75.0 cm³/mol. The van der Waals surface area contributed by atoms with E-state index in [2.05, 4.69) is 23.8 Å². The van der Waals surface area contributed by atoms with Gasteiger partial charge in [-0.2, -0.15) is 17.7 Å². The number of thiol groups is 1. The van der Waals surface area contributed by atoms with Crippen LogP contribution in [0.15, 0.2) is 11.1 Å². The average molecular weight is 272 g/mol. The highest BCUT2D eigenvalue weighted by molar-refractivity contribution is 7.99. The van der Waals surface area contributed by atoms with Gasteiger partial charge < -0.3 is 4.74 Å². The van der Waals surface area contributed by atoms with Crippen LogP contribution in [-0.2, 0) is 11.8 Å². The number of ether oxygens (including phenoxy) is 1. The highest BCUT2D eigenvalue weighted by atomic mass is 32.2. The minimum atomic E-state index is 0.338. The topological polar surface area (TPSA) is 27.1 Å². The summed E-state index contributed by atoms with van der Waals surface area (Å²) in [4.78, 5) is 0. The zero-order valence-corrected chi connectivity index (χ0v) is 12.2. The van der Waals surface area contributed by atoms with Crippen LogP contribution in [0.1, 0.15) is 18.5 Å². The SMILES string of the molecule is Cc1cc(SCC2(CS)CCOCC2)n(C)n1. The number of nitrogens with zero attached hydrogens (tertiary/aromatic N) is 2. The quantitative estimate of drug-likeness (QED) is 0.674. The summed E-state index contributed by atoms with van der Waals surface area (Å²) in [5.41, 5.74) is 1.42. The van der Waals surface area contributed by atoms with Gasteiger partial charge in [0.25, 0.3) is 0 Å². The van der Waals surface area contributed by atoms with Gasteiger partial charge in [0.2, 0.25) is 0 Å². The van der Waals surface area contributed by atoms with Crippen LogP contribution in [0.5, 0.6) is 0 Å². The van der Waals surface area contributed by atoms with Crippen LogP contribution in [0.3, 0.4) is 0 Å². The Labute approximate surface area is 113 Å². The Balaban J connectivity index is 1.98. The molecule has 1 aliphatic heterocycles. The maximum Gasteiger partial charge on any atom is 0.0939 e. The van der Waals surface area contributed by atoms with Crippen molar-refractivity contribution in [2.45, 2.75) is 24.8 Å². The smallest absolute Gasteiger partial charge is 0.0939 e. The highest BCUT2D eigenvalue weighted by Crippen LogP contribution is 2.37. The molecular formula is C12H20N2OS2. The molecule has 0 unspecified atom stereocenters. The molecule has 0 aromatic carbocycles. The Morgan fingerprint density at radius 1 is 1.53 bits per heavy atom. The summed E-state index contributed by atoms with van der Waals surface area (Å²) in [5, 5.41) is 5.62. The maximum atomic E-state index is 5.45. The third kappa shape index (κ3) is 3.20. The Morgan fingerprint density at radius 2 is 2.24 bits per heavy atom. The van der Waals surface area contributed by atoms with Gasteiger partial charge in [0.1, 0.15) is 0 Å². The van der Waals surface area contributed by atoms with Gasteiger partial charge in [-0.05, 0) is 37.0 Å². The van der Waals surface area contributed by atoms with Crippen LogP contribution in [-0.4, -0.2) is 34.5 Å². The van der Waals surface area contributed by atoms with E-state index >= 15 is 0 Å². The number of hydrogen-bond acceptors (Lipinski definition) is 4. The fourth-order valence-corrected chi connectivity index (χ4v) is 4.01. The Kier molecular flexibility index (Phi) is 4.44. The largest absolute Gasteiger partial charge is 0.381 e. The summed E-state index contributed by atoms with van der Waals surface area (Å²) in [7, 11) is 2.01. The molecule has 1 aromatic heterocycles. The molecule has 0 saturated carbocycles. The van der Waals surface area contributed by atoms with Crippen molar-refractivity contribution >= 4 is 24.4 Å². The highest BCUT2D eigenvalue weighted by Gasteiger charge is 2.31. The standard InChI is InChI=1S/C12H20N2OS2/c1-10-7-11(14(2)13-10)17-9-12(8-16)3-5-15-6-4-12/h7,16H,3-6,8-9H2,1-2H3. The van der Waals surface area contributed by atoms with Crippen molar-refractivity contribution < 1.29 is 4.74 Å². The third-order valence-electron chi connectivity index (χ3n) is 3.37. The van der Waals surface area contributed by atoms with Crippen LogP contribution in [0.4, 0.5) is 0 Å². The molecule has 0 N–H and O–H groups in total. The molecule has 0 aliphatic carbocycles. The van der Waals surface area contributed by atoms with Gasteiger partial charge in [-0.3, -0.25) is 4.68 Å². The van der Waals surface area contributed by atoms with Crippen LogP contribution in [0.2, 0.25) is 0 Å². The molecule has 17 heavy (non-hydrogen) atoms. The van der Waals surface area contributed by atoms with Gasteiger partial charge in [0.05, 0.1) is 10.7 Å². The number of aryl methyl sites for hydroxylation is 2. The summed E-state index contributed by atoms with van der Waals surface area (Å²) in [6, 6.07) is 2.15. The van der Waals surface area contributed by atoms with Crippen molar-refractivity contribution in [1.29, 1.82) is 0 Å². The summed E-state index contributed by atoms with van der Waals surface area (Å²) in [5.74, 6) is 2.05. The van der Waals surface area contributed by atoms with Crippen molar-refractivity contribution in [3.05, 3.63) is 11.8 Å². The molecule has 5 heteroatoms. The molecule has 0 spiro atoms. The van der Waals surface area contributed by atoms with E-state index in [0.29, 0.717) is 5.41 Å². The van der Waals surface area contributed by atoms with Gasteiger partial charge in [-0.25, -0.2) is 0 Å². The molecule has 0 bridgehead atoms. The molecule has 0 radical (unpaired) electrons. The molecule has 2 rings (SSSR count). The van der Waals surface area contributed by atoms with E-state index in [1.165, 1.54) is 5.03 Å². The molecule has 2 heterocycles. The second-order valence-corrected chi connectivity index (χ2v) is 6.12. The lowest BCUT2D eigenvalue weighted by molar-refractivity contribution is 0.0371. The normalized spacial score (nSPS) is 19.5. The van der Waals surface area contributed by atoms with Gasteiger partial charge in [0.15, 0.2) is 0 Å². The summed E-state index contributed by atoms with van der Waals surface area (Å²) < 4.78 is 7.41. The lowest BCUT2D eigenvalue weighted by atomic mass is 9.84. The van der Waals surface area contributed by atoms with Crippen molar-refractivity contribution in [2.24, 2.45) is 12.5 Å². The first-order chi connectivity index (χ1) is 8.15. The number of aromatic nitrogens is 2. The lowest BCUT2D eigenvalue weighted by Gasteiger charge is -2.35. The van der Waals surface area contributed by atoms with E-state index < -0.39 is 0 Å². The summed E-state index contributed by atoms with van der Waals surface area (Å²) in [6.45, 7) is 3.80. The Hall–Kier alpha value is -0.130. The minimum Gasteiger partial charge on any atom is -0.381 e. The minimum absolute atomic E-state index is 0.338. The molecule has 1 fully saturated rings. The van der Waals surface area contributed by atoms with Gasteiger partial charge in [-0.1, -0.05) is 0 Å². The summed E-state index contributed by atoms with van der Waals surface area (Å²) in [6.07, 6.45) is 2.25. The fraction of sp³-hybridized carbons (Fsp3) is 0.750. The predicted octanol–water partition coefficient (Wildman–Crippen LogP) is 2.55. The van der Waals surface area contributed by atoms with E-state index in [1.807, 2.05) is 30.4 Å². The van der Waals surface area contributed by atoms with E-state index in [-0.39, 0.29) is 0 Å². The Morgan fingerprint density at radius 3 is 2.76 bits per heavy atom. The molecule has 0 amide bonds. The molecule has 1 aromatic rings. The van der Waals surface area contributed by atoms with Crippen LogP contribution < -0.4 is 0 Å². The van der Waals surface area contributed by atoms with Gasteiger partial charge in [0, 0.05) is 26.0 Å². The van der Waals surface area contributed by atoms with Crippen LogP contribution in [0.25, 0.3) is 0 Å². The molecule has 96 valence electrons. The monoisotopic (exact) mass is 272 g/mol. The Bertz CT molecular complexity index is 373. The molecule has 0 atom stereocenters. The zero-order valence-electron chi connectivity index (χ0n) is 10.5. The first-order valence-corrected chi connectivity index (χ1v) is 7.59. The van der Waals surface area contributed by atoms with E-state index in [1.54, 1.807) is 0 Å². The fourth-order valence-electron chi connectivity index (χ4n) is 2.10. The first kappa shape index (κ1) is 13.3. The zero-order chi connectivity index (χ0) is 12.3. The third-order valence-corrected chi connectivity index (χ3v) is 5.48. The number of hydrogen-bond donors (Lipinski definition) is 1. The molecule has 1 aliphatic rings. The van der Waals surface area contributed by atoms with Crippen molar-refractivity contribution in [2.75, 3.05) is 24.7 Å². The molecular weight excluding hydrogens is 252 g/mol. The van der Waals surface area contributed by atoms with Crippen LogP contribution in [0, 0.1) is 12.3 Å². The lowest BCUT2D eigenvalue weighted by Crippen LogP contribution is -2.33. The van der Waals surface area contributed by atoms with E-state index in [9.17, 15) is 0 Å². The number of thioether (sulfide) groups is 1. The van der Waals surface area contributed by atoms with Crippen molar-refractivity contribution in [3.8, 4) is 0 Å². The summed E-state index contributed by atoms with van der Waals surface area (Å²) >= 11 is 6.43. The number of rotatable bonds is 4. The molecule has 1 saturated heterocycles. The van der Waals surface area contributed by atoms with Gasteiger partial charge in [-0.15, -0.1) is 11.8 Å². The second kappa shape index (κ2) is 5.67. The molecule has 3 nitrogen and oxygen atoms in total. The van der Waals surface area contributed by atoms with Crippen LogP contribution >= 0.6 is 24.4 Å². The second-order valence-electron chi connectivity index (χ2n) is 4.81. The van der Waals surface area contributed by atoms with E-state index in [4.69, 9.17) is 4.74 Å². The van der Waals surface area contributed by atoms with Crippen molar-refractivity contribution in [1.82, 2.24) is 9.78 Å². The average Bonchev–Trinajstić information content (AvgIpc) is 2.67. The van der Waals surface area contributed by atoms with Gasteiger partial charge >= 0.3 is 0 Å². The van der Waals surface area contributed by atoms with E-state index in [0.717, 1.165) is 43.3 Å². The first-order valence-electron chi connectivity index (χ1n) is 5.97.